The Morgan fingerprint density at radius 1 is 0.358 bits per heavy atom. The van der Waals surface area contributed by atoms with Crippen molar-refractivity contribution < 1.29 is 24.2 Å². The van der Waals surface area contributed by atoms with Gasteiger partial charge in [-0.1, -0.05) is 156 Å². The second-order valence-electron chi connectivity index (χ2n) is 15.6. The van der Waals surface area contributed by atoms with E-state index in [2.05, 4.69) is 32.6 Å². The van der Waals surface area contributed by atoms with Crippen LogP contribution in [0.3, 0.4) is 0 Å². The first-order valence-electron chi connectivity index (χ1n) is 23.2. The van der Waals surface area contributed by atoms with Gasteiger partial charge in [-0.2, -0.15) is 0 Å². The summed E-state index contributed by atoms with van der Waals surface area (Å²) in [4.78, 5) is 32.1. The lowest BCUT2D eigenvalue weighted by atomic mass is 10.1. The molecule has 0 heterocycles. The standard InChI is InChI=1S/C45H91N3O5/c1-5-9-13-17-19-29-39-47(37-27-15-11-7-3)44(50)52-42-31-23-21-25-34-46(36-33-41-49)35-26-22-24-32-43-53-45(51)48(38-28-16-12-8-4)40-30-20-18-14-10-6-2/h49H,5-43H2,1-4H3. The summed E-state index contributed by atoms with van der Waals surface area (Å²) in [5.41, 5.74) is 0. The second kappa shape index (κ2) is 41.6. The fraction of sp³-hybridized carbons (Fsp3) is 0.956. The third-order valence-electron chi connectivity index (χ3n) is 10.5. The van der Waals surface area contributed by atoms with E-state index < -0.39 is 0 Å². The van der Waals surface area contributed by atoms with Crippen molar-refractivity contribution in [2.24, 2.45) is 0 Å². The Balaban J connectivity index is 4.28. The van der Waals surface area contributed by atoms with E-state index in [1.807, 2.05) is 9.80 Å². The molecule has 0 spiro atoms. The van der Waals surface area contributed by atoms with Crippen molar-refractivity contribution in [2.75, 3.05) is 65.6 Å². The predicted molar refractivity (Wildman–Crippen MR) is 226 cm³/mol. The molecule has 0 saturated heterocycles. The largest absolute Gasteiger partial charge is 0.449 e. The van der Waals surface area contributed by atoms with E-state index in [0.717, 1.165) is 129 Å². The van der Waals surface area contributed by atoms with E-state index in [1.54, 1.807) is 0 Å². The number of carbonyl (C=O) groups excluding carboxylic acids is 2. The van der Waals surface area contributed by atoms with Crippen LogP contribution in [0.4, 0.5) is 9.59 Å². The van der Waals surface area contributed by atoms with E-state index in [9.17, 15) is 14.7 Å². The highest BCUT2D eigenvalue weighted by Gasteiger charge is 2.15. The number of aliphatic hydroxyl groups excluding tert-OH is 1. The minimum Gasteiger partial charge on any atom is -0.449 e. The van der Waals surface area contributed by atoms with Gasteiger partial charge in [0, 0.05) is 39.3 Å². The van der Waals surface area contributed by atoms with Crippen LogP contribution in [-0.4, -0.2) is 97.6 Å². The summed E-state index contributed by atoms with van der Waals surface area (Å²) in [6.45, 7) is 16.5. The first-order valence-corrected chi connectivity index (χ1v) is 23.2. The van der Waals surface area contributed by atoms with Crippen LogP contribution in [0.5, 0.6) is 0 Å². The van der Waals surface area contributed by atoms with Crippen molar-refractivity contribution in [3.8, 4) is 0 Å². The summed E-state index contributed by atoms with van der Waals surface area (Å²) in [5.74, 6) is 0. The molecule has 1 N–H and O–H groups in total. The van der Waals surface area contributed by atoms with E-state index >= 15 is 0 Å². The molecule has 0 saturated carbocycles. The number of unbranched alkanes of at least 4 members (excludes halogenated alkanes) is 22. The van der Waals surface area contributed by atoms with Gasteiger partial charge in [0.25, 0.3) is 0 Å². The fourth-order valence-corrected chi connectivity index (χ4v) is 6.93. The Labute approximate surface area is 329 Å². The maximum Gasteiger partial charge on any atom is 0.409 e. The number of ether oxygens (including phenoxy) is 2. The third-order valence-corrected chi connectivity index (χ3v) is 10.5. The number of carbonyl (C=O) groups is 2. The molecule has 0 aliphatic rings. The van der Waals surface area contributed by atoms with Gasteiger partial charge in [0.1, 0.15) is 0 Å². The van der Waals surface area contributed by atoms with Gasteiger partial charge in [0.2, 0.25) is 0 Å². The van der Waals surface area contributed by atoms with Crippen LogP contribution in [0.1, 0.15) is 214 Å². The van der Waals surface area contributed by atoms with Crippen LogP contribution in [0, 0.1) is 0 Å². The lowest BCUT2D eigenvalue weighted by molar-refractivity contribution is 0.0983. The molecule has 0 fully saturated rings. The molecule has 0 aromatic heterocycles. The molecule has 8 heteroatoms. The molecule has 53 heavy (non-hydrogen) atoms. The Morgan fingerprint density at radius 3 is 0.962 bits per heavy atom. The van der Waals surface area contributed by atoms with E-state index in [0.29, 0.717) is 13.2 Å². The van der Waals surface area contributed by atoms with Crippen LogP contribution in [0.2, 0.25) is 0 Å². The van der Waals surface area contributed by atoms with Gasteiger partial charge in [-0.05, 0) is 70.9 Å². The van der Waals surface area contributed by atoms with Crippen molar-refractivity contribution in [2.45, 2.75) is 214 Å². The molecule has 0 aromatic rings. The highest BCUT2D eigenvalue weighted by Crippen LogP contribution is 2.12. The first kappa shape index (κ1) is 51.5. The first-order chi connectivity index (χ1) is 26.0. The second-order valence-corrected chi connectivity index (χ2v) is 15.6. The number of amides is 2. The number of rotatable bonds is 41. The molecule has 0 atom stereocenters. The zero-order valence-electron chi connectivity index (χ0n) is 36.0. The van der Waals surface area contributed by atoms with Gasteiger partial charge in [-0.3, -0.25) is 0 Å². The molecule has 0 bridgehead atoms. The monoisotopic (exact) mass is 754 g/mol. The van der Waals surface area contributed by atoms with Crippen LogP contribution < -0.4 is 0 Å². The number of aliphatic hydroxyl groups is 1. The highest BCUT2D eigenvalue weighted by molar-refractivity contribution is 5.67. The molecule has 0 unspecified atom stereocenters. The van der Waals surface area contributed by atoms with Gasteiger partial charge < -0.3 is 29.3 Å². The fourth-order valence-electron chi connectivity index (χ4n) is 6.93. The molecule has 0 radical (unpaired) electrons. The van der Waals surface area contributed by atoms with Crippen molar-refractivity contribution in [3.05, 3.63) is 0 Å². The molecular formula is C45H91N3O5. The minimum absolute atomic E-state index is 0.119. The molecule has 8 nitrogen and oxygen atoms in total. The van der Waals surface area contributed by atoms with Crippen molar-refractivity contribution in [3.63, 3.8) is 0 Å². The number of hydrogen-bond acceptors (Lipinski definition) is 6. The Bertz CT molecular complexity index is 712. The smallest absolute Gasteiger partial charge is 0.409 e. The van der Waals surface area contributed by atoms with Gasteiger partial charge in [-0.15, -0.1) is 0 Å². The Morgan fingerprint density at radius 2 is 0.623 bits per heavy atom. The molecule has 0 aromatic carbocycles. The van der Waals surface area contributed by atoms with Crippen LogP contribution in [-0.2, 0) is 9.47 Å². The maximum atomic E-state index is 12.9. The molecule has 316 valence electrons. The van der Waals surface area contributed by atoms with Gasteiger partial charge >= 0.3 is 12.2 Å². The van der Waals surface area contributed by atoms with E-state index in [1.165, 1.54) is 103 Å². The van der Waals surface area contributed by atoms with Gasteiger partial charge in [-0.25, -0.2) is 9.59 Å². The van der Waals surface area contributed by atoms with Crippen LogP contribution in [0.25, 0.3) is 0 Å². The number of hydrogen-bond donors (Lipinski definition) is 1. The summed E-state index contributed by atoms with van der Waals surface area (Å²) in [6, 6.07) is 0. The summed E-state index contributed by atoms with van der Waals surface area (Å²) >= 11 is 0. The molecule has 2 amide bonds. The molecule has 0 rings (SSSR count). The predicted octanol–water partition coefficient (Wildman–Crippen LogP) is 12.6. The highest BCUT2D eigenvalue weighted by atomic mass is 16.6. The van der Waals surface area contributed by atoms with Crippen molar-refractivity contribution in [1.82, 2.24) is 14.7 Å². The average Bonchev–Trinajstić information content (AvgIpc) is 3.16. The normalized spacial score (nSPS) is 11.4. The van der Waals surface area contributed by atoms with E-state index in [-0.39, 0.29) is 18.8 Å². The summed E-state index contributed by atoms with van der Waals surface area (Å²) in [6.07, 6.45) is 33.3. The topological polar surface area (TPSA) is 82.5 Å². The Kier molecular flexibility index (Phi) is 40.4. The molecular weight excluding hydrogens is 663 g/mol. The third kappa shape index (κ3) is 34.7. The minimum atomic E-state index is -0.119. The summed E-state index contributed by atoms with van der Waals surface area (Å²) in [5, 5.41) is 9.43. The zero-order chi connectivity index (χ0) is 38.9. The maximum absolute atomic E-state index is 12.9. The lowest BCUT2D eigenvalue weighted by Gasteiger charge is -2.23. The van der Waals surface area contributed by atoms with E-state index in [4.69, 9.17) is 9.47 Å². The van der Waals surface area contributed by atoms with Gasteiger partial charge in [0.15, 0.2) is 0 Å². The Hall–Kier alpha value is -1.54. The van der Waals surface area contributed by atoms with Crippen LogP contribution in [0.15, 0.2) is 0 Å². The molecule has 0 aliphatic carbocycles. The summed E-state index contributed by atoms with van der Waals surface area (Å²) in [7, 11) is 0. The lowest BCUT2D eigenvalue weighted by Crippen LogP contribution is -2.33. The summed E-state index contributed by atoms with van der Waals surface area (Å²) < 4.78 is 11.5. The van der Waals surface area contributed by atoms with Crippen molar-refractivity contribution >= 4 is 12.2 Å². The van der Waals surface area contributed by atoms with Crippen molar-refractivity contribution in [1.29, 1.82) is 0 Å². The number of nitrogens with zero attached hydrogens (tertiary/aromatic N) is 3. The SMILES string of the molecule is CCCCCCCCN(CCCCCC)C(=O)OCCCCCCN(CCCO)CCCCCCOC(=O)N(CCCCCC)CCCCCCCC. The molecule has 0 aliphatic heterocycles. The quantitative estimate of drug-likeness (QED) is 0.0626. The van der Waals surface area contributed by atoms with Gasteiger partial charge in [0.05, 0.1) is 13.2 Å². The van der Waals surface area contributed by atoms with Crippen LogP contribution >= 0.6 is 0 Å². The average molecular weight is 754 g/mol. The zero-order valence-corrected chi connectivity index (χ0v) is 36.0.